The van der Waals surface area contributed by atoms with Gasteiger partial charge < -0.3 is 5.11 Å². The first-order valence-corrected chi connectivity index (χ1v) is 5.12. The molecule has 18 heavy (non-hydrogen) atoms. The Morgan fingerprint density at radius 2 is 2.00 bits per heavy atom. The number of nitrogens with zero attached hydrogens (tertiary/aromatic N) is 3. The van der Waals surface area contributed by atoms with E-state index in [1.807, 2.05) is 0 Å². The van der Waals surface area contributed by atoms with Gasteiger partial charge in [0.25, 0.3) is 0 Å². The molecule has 2 heterocycles. The third-order valence-electron chi connectivity index (χ3n) is 2.26. The number of carbonyl (C=O) groups excluding carboxylic acids is 1. The van der Waals surface area contributed by atoms with E-state index >= 15 is 0 Å². The summed E-state index contributed by atoms with van der Waals surface area (Å²) in [6, 6.07) is 5.13. The van der Waals surface area contributed by atoms with Crippen LogP contribution in [0.4, 0.5) is 0 Å². The van der Waals surface area contributed by atoms with Crippen LogP contribution in [0.1, 0.15) is 27.8 Å². The van der Waals surface area contributed by atoms with Crippen molar-refractivity contribution < 1.29 is 14.7 Å². The monoisotopic (exact) mass is 243 g/mol. The van der Waals surface area contributed by atoms with Crippen molar-refractivity contribution in [2.75, 3.05) is 0 Å². The van der Waals surface area contributed by atoms with Crippen LogP contribution in [0.3, 0.4) is 0 Å². The average molecular weight is 243 g/mol. The number of rotatable bonds is 3. The van der Waals surface area contributed by atoms with Crippen LogP contribution in [-0.4, -0.2) is 31.8 Å². The quantitative estimate of drug-likeness (QED) is 0.820. The van der Waals surface area contributed by atoms with Crippen LogP contribution in [0.2, 0.25) is 0 Å². The standard InChI is InChI=1S/C12H9N3O3/c1-7(16)8-6-14-11(15-10(8)12(17)18)9-4-2-3-5-13-9/h2-6H,1H3,(H,17,18). The molecular formula is C12H9N3O3. The first-order chi connectivity index (χ1) is 8.59. The highest BCUT2D eigenvalue weighted by Gasteiger charge is 2.17. The molecule has 2 aromatic heterocycles. The molecule has 0 fully saturated rings. The number of hydrogen-bond donors (Lipinski definition) is 1. The third kappa shape index (κ3) is 2.22. The topological polar surface area (TPSA) is 93.0 Å². The molecule has 2 aromatic rings. The third-order valence-corrected chi connectivity index (χ3v) is 2.26. The maximum Gasteiger partial charge on any atom is 0.355 e. The van der Waals surface area contributed by atoms with Crippen LogP contribution < -0.4 is 0 Å². The molecule has 0 bridgehead atoms. The van der Waals surface area contributed by atoms with Gasteiger partial charge in [-0.3, -0.25) is 9.78 Å². The van der Waals surface area contributed by atoms with Crippen LogP contribution in [-0.2, 0) is 0 Å². The zero-order chi connectivity index (χ0) is 13.1. The van der Waals surface area contributed by atoms with Crippen LogP contribution in [0.15, 0.2) is 30.6 Å². The highest BCUT2D eigenvalue weighted by atomic mass is 16.4. The van der Waals surface area contributed by atoms with E-state index in [2.05, 4.69) is 15.0 Å². The van der Waals surface area contributed by atoms with E-state index in [1.54, 1.807) is 24.4 Å². The molecule has 0 unspecified atom stereocenters. The smallest absolute Gasteiger partial charge is 0.355 e. The summed E-state index contributed by atoms with van der Waals surface area (Å²) in [5.41, 5.74) is 0.135. The first-order valence-electron chi connectivity index (χ1n) is 5.12. The zero-order valence-electron chi connectivity index (χ0n) is 9.49. The maximum atomic E-state index is 11.3. The zero-order valence-corrected chi connectivity index (χ0v) is 9.49. The van der Waals surface area contributed by atoms with Gasteiger partial charge in [0.1, 0.15) is 5.69 Å². The van der Waals surface area contributed by atoms with Crippen LogP contribution in [0.5, 0.6) is 0 Å². The number of hydrogen-bond acceptors (Lipinski definition) is 5. The lowest BCUT2D eigenvalue weighted by atomic mass is 10.1. The van der Waals surface area contributed by atoms with Crippen molar-refractivity contribution in [3.8, 4) is 11.5 Å². The van der Waals surface area contributed by atoms with E-state index in [-0.39, 0.29) is 22.9 Å². The van der Waals surface area contributed by atoms with E-state index in [0.29, 0.717) is 5.69 Å². The molecule has 6 heteroatoms. The summed E-state index contributed by atoms with van der Waals surface area (Å²) in [6.45, 7) is 1.27. The predicted octanol–water partition coefficient (Wildman–Crippen LogP) is 1.44. The summed E-state index contributed by atoms with van der Waals surface area (Å²) in [5.74, 6) is -1.47. The Labute approximate surface area is 102 Å². The van der Waals surface area contributed by atoms with Gasteiger partial charge in [-0.2, -0.15) is 0 Å². The molecule has 0 aliphatic carbocycles. The van der Waals surface area contributed by atoms with Crippen molar-refractivity contribution in [1.82, 2.24) is 15.0 Å². The Kier molecular flexibility index (Phi) is 3.09. The van der Waals surface area contributed by atoms with Gasteiger partial charge in [0.15, 0.2) is 17.3 Å². The Balaban J connectivity index is 2.57. The molecule has 0 aliphatic heterocycles. The molecule has 0 saturated carbocycles. The number of carbonyl (C=O) groups is 2. The summed E-state index contributed by atoms with van der Waals surface area (Å²) < 4.78 is 0. The number of ketones is 1. The Hall–Kier alpha value is -2.63. The molecule has 0 atom stereocenters. The fraction of sp³-hybridized carbons (Fsp3) is 0.0833. The average Bonchev–Trinajstić information content (AvgIpc) is 2.39. The second-order valence-electron chi connectivity index (χ2n) is 3.53. The molecule has 0 aromatic carbocycles. The Bertz CT molecular complexity index is 611. The van der Waals surface area contributed by atoms with Crippen molar-refractivity contribution in [3.05, 3.63) is 41.9 Å². The minimum atomic E-state index is -1.26. The second-order valence-corrected chi connectivity index (χ2v) is 3.53. The molecule has 0 radical (unpaired) electrons. The van der Waals surface area contributed by atoms with Gasteiger partial charge >= 0.3 is 5.97 Å². The van der Waals surface area contributed by atoms with Crippen molar-refractivity contribution in [3.63, 3.8) is 0 Å². The Morgan fingerprint density at radius 1 is 1.22 bits per heavy atom. The van der Waals surface area contributed by atoms with Crippen molar-refractivity contribution in [2.24, 2.45) is 0 Å². The molecule has 0 spiro atoms. The van der Waals surface area contributed by atoms with Gasteiger partial charge in [-0.05, 0) is 19.1 Å². The summed E-state index contributed by atoms with van der Waals surface area (Å²) in [5, 5.41) is 9.02. The van der Waals surface area contributed by atoms with Gasteiger partial charge in [-0.15, -0.1) is 0 Å². The second kappa shape index (κ2) is 4.70. The predicted molar refractivity (Wildman–Crippen MR) is 62.2 cm³/mol. The minimum absolute atomic E-state index is 0.0119. The fourth-order valence-electron chi connectivity index (χ4n) is 1.42. The molecule has 0 saturated heterocycles. The minimum Gasteiger partial charge on any atom is -0.476 e. The molecule has 90 valence electrons. The van der Waals surface area contributed by atoms with E-state index in [9.17, 15) is 9.59 Å². The van der Waals surface area contributed by atoms with Crippen molar-refractivity contribution in [1.29, 1.82) is 0 Å². The molecule has 2 rings (SSSR count). The van der Waals surface area contributed by atoms with Crippen LogP contribution in [0.25, 0.3) is 11.5 Å². The van der Waals surface area contributed by atoms with Crippen LogP contribution in [0, 0.1) is 0 Å². The van der Waals surface area contributed by atoms with E-state index in [4.69, 9.17) is 5.11 Å². The fourth-order valence-corrected chi connectivity index (χ4v) is 1.42. The van der Waals surface area contributed by atoms with E-state index in [1.165, 1.54) is 13.1 Å². The summed E-state index contributed by atoms with van der Waals surface area (Å²) in [4.78, 5) is 34.2. The lowest BCUT2D eigenvalue weighted by Crippen LogP contribution is -2.11. The van der Waals surface area contributed by atoms with Gasteiger partial charge in [0.05, 0.1) is 5.56 Å². The molecule has 0 aliphatic rings. The number of Topliss-reactive ketones (excluding diaryl/α,β-unsaturated/α-hetero) is 1. The Morgan fingerprint density at radius 3 is 2.56 bits per heavy atom. The molecule has 1 N–H and O–H groups in total. The highest BCUT2D eigenvalue weighted by molar-refractivity contribution is 6.03. The van der Waals surface area contributed by atoms with Gasteiger partial charge in [0.2, 0.25) is 0 Å². The van der Waals surface area contributed by atoms with Gasteiger partial charge in [-0.25, -0.2) is 14.8 Å². The lowest BCUT2D eigenvalue weighted by Gasteiger charge is -2.04. The van der Waals surface area contributed by atoms with Gasteiger partial charge in [-0.1, -0.05) is 6.07 Å². The summed E-state index contributed by atoms with van der Waals surface area (Å²) in [6.07, 6.45) is 2.76. The van der Waals surface area contributed by atoms with Gasteiger partial charge in [0, 0.05) is 12.4 Å². The number of aromatic carboxylic acids is 1. The van der Waals surface area contributed by atoms with Crippen molar-refractivity contribution in [2.45, 2.75) is 6.92 Å². The highest BCUT2D eigenvalue weighted by Crippen LogP contribution is 2.14. The lowest BCUT2D eigenvalue weighted by molar-refractivity contribution is 0.0685. The summed E-state index contributed by atoms with van der Waals surface area (Å²) >= 11 is 0. The number of carboxylic acids is 1. The summed E-state index contributed by atoms with van der Waals surface area (Å²) in [7, 11) is 0. The maximum absolute atomic E-state index is 11.3. The normalized spacial score (nSPS) is 10.1. The first kappa shape index (κ1) is 11.8. The van der Waals surface area contributed by atoms with Crippen LogP contribution >= 0.6 is 0 Å². The van der Waals surface area contributed by atoms with E-state index in [0.717, 1.165) is 0 Å². The number of aromatic nitrogens is 3. The largest absolute Gasteiger partial charge is 0.476 e. The number of pyridine rings is 1. The molecule has 6 nitrogen and oxygen atoms in total. The number of carboxylic acid groups (broad SMARTS) is 1. The van der Waals surface area contributed by atoms with E-state index < -0.39 is 5.97 Å². The SMILES string of the molecule is CC(=O)c1cnc(-c2ccccn2)nc1C(=O)O. The molecular weight excluding hydrogens is 234 g/mol. The molecule has 0 amide bonds. The van der Waals surface area contributed by atoms with Crippen molar-refractivity contribution >= 4 is 11.8 Å².